The van der Waals surface area contributed by atoms with Crippen LogP contribution in [0.4, 0.5) is 13.2 Å². The van der Waals surface area contributed by atoms with E-state index in [1.807, 2.05) is 0 Å². The average molecular weight is 254 g/mol. The smallest absolute Gasteiger partial charge is 0.417 e. The SMILES string of the molecule is COC(=O)c1ccc2ccccc2c1C(F)(F)F. The topological polar surface area (TPSA) is 26.3 Å². The number of esters is 1. The minimum absolute atomic E-state index is 0.00657. The molecule has 0 unspecified atom stereocenters. The molecule has 0 aromatic heterocycles. The molecule has 5 heteroatoms. The number of hydrogen-bond donors (Lipinski definition) is 0. The van der Waals surface area contributed by atoms with Crippen molar-refractivity contribution in [3.8, 4) is 0 Å². The lowest BCUT2D eigenvalue weighted by Gasteiger charge is -2.14. The van der Waals surface area contributed by atoms with Gasteiger partial charge in [-0.1, -0.05) is 30.3 Å². The molecular weight excluding hydrogens is 245 g/mol. The third-order valence-electron chi connectivity index (χ3n) is 2.62. The van der Waals surface area contributed by atoms with Crippen LogP contribution in [0.15, 0.2) is 36.4 Å². The molecule has 94 valence electrons. The van der Waals surface area contributed by atoms with E-state index in [0.717, 1.165) is 13.2 Å². The van der Waals surface area contributed by atoms with Crippen molar-refractivity contribution in [2.45, 2.75) is 6.18 Å². The molecule has 0 spiro atoms. The van der Waals surface area contributed by atoms with Crippen LogP contribution in [0.5, 0.6) is 0 Å². The summed E-state index contributed by atoms with van der Waals surface area (Å²) in [6, 6.07) is 8.64. The average Bonchev–Trinajstić information content (AvgIpc) is 2.35. The van der Waals surface area contributed by atoms with Gasteiger partial charge in [-0.05, 0) is 16.8 Å². The highest BCUT2D eigenvalue weighted by Gasteiger charge is 2.37. The molecule has 0 heterocycles. The van der Waals surface area contributed by atoms with E-state index in [0.29, 0.717) is 5.39 Å². The maximum Gasteiger partial charge on any atom is 0.417 e. The molecule has 2 aromatic carbocycles. The first-order chi connectivity index (χ1) is 8.45. The van der Waals surface area contributed by atoms with Gasteiger partial charge in [0.05, 0.1) is 18.2 Å². The van der Waals surface area contributed by atoms with Crippen LogP contribution in [-0.4, -0.2) is 13.1 Å². The molecule has 2 aromatic rings. The Morgan fingerprint density at radius 1 is 1.11 bits per heavy atom. The lowest BCUT2D eigenvalue weighted by molar-refractivity contribution is -0.136. The zero-order valence-electron chi connectivity index (χ0n) is 9.41. The van der Waals surface area contributed by atoms with Gasteiger partial charge in [-0.3, -0.25) is 0 Å². The molecule has 0 aliphatic carbocycles. The molecule has 0 aliphatic rings. The number of alkyl halides is 3. The highest BCUT2D eigenvalue weighted by Crippen LogP contribution is 2.37. The second-order valence-electron chi connectivity index (χ2n) is 3.70. The van der Waals surface area contributed by atoms with Crippen molar-refractivity contribution < 1.29 is 22.7 Å². The number of methoxy groups -OCH3 is 1. The van der Waals surface area contributed by atoms with Crippen LogP contribution in [0.3, 0.4) is 0 Å². The third kappa shape index (κ3) is 2.03. The molecule has 0 atom stereocenters. The van der Waals surface area contributed by atoms with Gasteiger partial charge in [-0.2, -0.15) is 13.2 Å². The first-order valence-corrected chi connectivity index (χ1v) is 5.12. The van der Waals surface area contributed by atoms with E-state index < -0.39 is 23.3 Å². The Labute approximate surface area is 101 Å². The maximum absolute atomic E-state index is 13.1. The number of ether oxygens (including phenoxy) is 1. The Morgan fingerprint density at radius 2 is 1.78 bits per heavy atom. The van der Waals surface area contributed by atoms with Crippen LogP contribution in [0.25, 0.3) is 10.8 Å². The Balaban J connectivity index is 2.84. The molecule has 0 saturated carbocycles. The zero-order valence-corrected chi connectivity index (χ0v) is 9.41. The van der Waals surface area contributed by atoms with Crippen molar-refractivity contribution in [3.63, 3.8) is 0 Å². The molecule has 0 fully saturated rings. The molecule has 18 heavy (non-hydrogen) atoms. The summed E-state index contributed by atoms with van der Waals surface area (Å²) < 4.78 is 43.6. The molecule has 0 aliphatic heterocycles. The minimum Gasteiger partial charge on any atom is -0.465 e. The lowest BCUT2D eigenvalue weighted by atomic mass is 9.98. The van der Waals surface area contributed by atoms with Crippen LogP contribution < -0.4 is 0 Å². The Bertz CT molecular complexity index is 603. The van der Waals surface area contributed by atoms with Gasteiger partial charge in [0.15, 0.2) is 0 Å². The second-order valence-corrected chi connectivity index (χ2v) is 3.70. The number of rotatable bonds is 1. The van der Waals surface area contributed by atoms with Gasteiger partial charge < -0.3 is 4.74 Å². The number of benzene rings is 2. The number of hydrogen-bond acceptors (Lipinski definition) is 2. The van der Waals surface area contributed by atoms with Gasteiger partial charge in [0.25, 0.3) is 0 Å². The molecule has 0 saturated heterocycles. The predicted octanol–water partition coefficient (Wildman–Crippen LogP) is 3.65. The van der Waals surface area contributed by atoms with Gasteiger partial charge in [0, 0.05) is 0 Å². The van der Waals surface area contributed by atoms with Crippen molar-refractivity contribution in [2.24, 2.45) is 0 Å². The standard InChI is InChI=1S/C13H9F3O2/c1-18-12(17)10-7-6-8-4-2-3-5-9(8)11(10)13(14,15)16/h2-7H,1H3. The second kappa shape index (κ2) is 4.33. The summed E-state index contributed by atoms with van der Waals surface area (Å²) in [5.41, 5.74) is -1.42. The summed E-state index contributed by atoms with van der Waals surface area (Å²) in [5, 5.41) is 0.422. The summed E-state index contributed by atoms with van der Waals surface area (Å²) in [7, 11) is 1.05. The zero-order chi connectivity index (χ0) is 13.3. The van der Waals surface area contributed by atoms with Crippen LogP contribution in [0, 0.1) is 0 Å². The third-order valence-corrected chi connectivity index (χ3v) is 2.62. The number of fused-ring (bicyclic) bond motifs is 1. The maximum atomic E-state index is 13.1. The van der Waals surface area contributed by atoms with Crippen molar-refractivity contribution >= 4 is 16.7 Å². The Morgan fingerprint density at radius 3 is 2.39 bits per heavy atom. The van der Waals surface area contributed by atoms with Crippen LogP contribution in [-0.2, 0) is 10.9 Å². The van der Waals surface area contributed by atoms with E-state index in [1.54, 1.807) is 12.1 Å². The van der Waals surface area contributed by atoms with Crippen molar-refractivity contribution in [2.75, 3.05) is 7.11 Å². The van der Waals surface area contributed by atoms with Crippen molar-refractivity contribution in [3.05, 3.63) is 47.5 Å². The summed E-state index contributed by atoms with van der Waals surface area (Å²) in [6.07, 6.45) is -4.61. The number of halogens is 3. The number of carbonyl (C=O) groups is 1. The van der Waals surface area contributed by atoms with Crippen molar-refractivity contribution in [1.29, 1.82) is 0 Å². The quantitative estimate of drug-likeness (QED) is 0.726. The minimum atomic E-state index is -4.61. The van der Waals surface area contributed by atoms with E-state index in [2.05, 4.69) is 4.74 Å². The van der Waals surface area contributed by atoms with Crippen LogP contribution in [0.1, 0.15) is 15.9 Å². The lowest BCUT2D eigenvalue weighted by Crippen LogP contribution is -2.14. The summed E-state index contributed by atoms with van der Waals surface area (Å²) >= 11 is 0. The Hall–Kier alpha value is -2.04. The molecular formula is C13H9F3O2. The fourth-order valence-electron chi connectivity index (χ4n) is 1.86. The molecule has 0 radical (unpaired) electrons. The molecule has 0 amide bonds. The highest BCUT2D eigenvalue weighted by atomic mass is 19.4. The highest BCUT2D eigenvalue weighted by molar-refractivity contribution is 5.99. The first-order valence-electron chi connectivity index (χ1n) is 5.12. The Kier molecular flexibility index (Phi) is 2.98. The van der Waals surface area contributed by atoms with Gasteiger partial charge in [0.2, 0.25) is 0 Å². The first kappa shape index (κ1) is 12.4. The number of carbonyl (C=O) groups excluding carboxylic acids is 1. The summed E-state index contributed by atoms with van der Waals surface area (Å²) in [5.74, 6) is -0.993. The van der Waals surface area contributed by atoms with Crippen LogP contribution >= 0.6 is 0 Å². The molecule has 2 nitrogen and oxygen atoms in total. The molecule has 0 bridgehead atoms. The predicted molar refractivity (Wildman–Crippen MR) is 60.3 cm³/mol. The van der Waals surface area contributed by atoms with Gasteiger partial charge >= 0.3 is 12.1 Å². The molecule has 0 N–H and O–H groups in total. The summed E-state index contributed by atoms with van der Waals surface area (Å²) in [6.45, 7) is 0. The monoisotopic (exact) mass is 254 g/mol. The van der Waals surface area contributed by atoms with E-state index in [9.17, 15) is 18.0 Å². The van der Waals surface area contributed by atoms with E-state index in [1.165, 1.54) is 18.2 Å². The van der Waals surface area contributed by atoms with E-state index >= 15 is 0 Å². The van der Waals surface area contributed by atoms with E-state index in [-0.39, 0.29) is 5.39 Å². The van der Waals surface area contributed by atoms with Gasteiger partial charge in [-0.25, -0.2) is 4.79 Å². The van der Waals surface area contributed by atoms with Gasteiger partial charge in [0.1, 0.15) is 0 Å². The van der Waals surface area contributed by atoms with Crippen LogP contribution in [0.2, 0.25) is 0 Å². The largest absolute Gasteiger partial charge is 0.465 e. The molecule has 2 rings (SSSR count). The normalized spacial score (nSPS) is 11.6. The van der Waals surface area contributed by atoms with Crippen molar-refractivity contribution in [1.82, 2.24) is 0 Å². The summed E-state index contributed by atoms with van der Waals surface area (Å²) in [4.78, 5) is 11.4. The fourth-order valence-corrected chi connectivity index (χ4v) is 1.86. The van der Waals surface area contributed by atoms with Gasteiger partial charge in [-0.15, -0.1) is 0 Å². The van der Waals surface area contributed by atoms with E-state index in [4.69, 9.17) is 0 Å². The fraction of sp³-hybridized carbons (Fsp3) is 0.154.